The average molecular weight is 198 g/mol. The van der Waals surface area contributed by atoms with E-state index in [-0.39, 0.29) is 0 Å². The van der Waals surface area contributed by atoms with Gasteiger partial charge in [-0.05, 0) is 30.7 Å². The molecule has 0 bridgehead atoms. The van der Waals surface area contributed by atoms with E-state index < -0.39 is 0 Å². The SMILES string of the molecule is Cc1ccc(-c2ccc(C#N)o2)cc1N. The lowest BCUT2D eigenvalue weighted by Crippen LogP contribution is -1.89. The Morgan fingerprint density at radius 1 is 1.27 bits per heavy atom. The molecule has 0 unspecified atom stereocenters. The van der Waals surface area contributed by atoms with E-state index in [9.17, 15) is 0 Å². The molecule has 1 aromatic heterocycles. The number of nitrogen functional groups attached to an aromatic ring is 1. The van der Waals surface area contributed by atoms with Gasteiger partial charge in [0, 0.05) is 11.3 Å². The van der Waals surface area contributed by atoms with Gasteiger partial charge >= 0.3 is 0 Å². The summed E-state index contributed by atoms with van der Waals surface area (Å²) in [5.74, 6) is 0.974. The van der Waals surface area contributed by atoms with Crippen molar-refractivity contribution >= 4 is 5.69 Å². The summed E-state index contributed by atoms with van der Waals surface area (Å²) in [6, 6.07) is 11.1. The maximum absolute atomic E-state index is 8.63. The van der Waals surface area contributed by atoms with Gasteiger partial charge in [-0.2, -0.15) is 5.26 Å². The van der Waals surface area contributed by atoms with Crippen LogP contribution in [0.25, 0.3) is 11.3 Å². The largest absolute Gasteiger partial charge is 0.446 e. The first kappa shape index (κ1) is 9.35. The molecule has 0 radical (unpaired) electrons. The molecular formula is C12H10N2O. The smallest absolute Gasteiger partial charge is 0.204 e. The molecule has 0 amide bonds. The summed E-state index contributed by atoms with van der Waals surface area (Å²) >= 11 is 0. The van der Waals surface area contributed by atoms with Crippen molar-refractivity contribution in [2.75, 3.05) is 5.73 Å². The topological polar surface area (TPSA) is 63.0 Å². The van der Waals surface area contributed by atoms with E-state index >= 15 is 0 Å². The number of anilines is 1. The summed E-state index contributed by atoms with van der Waals surface area (Å²) in [6.07, 6.45) is 0. The Hall–Kier alpha value is -2.21. The highest BCUT2D eigenvalue weighted by Gasteiger charge is 2.05. The van der Waals surface area contributed by atoms with Crippen LogP contribution in [0.1, 0.15) is 11.3 Å². The lowest BCUT2D eigenvalue weighted by Gasteiger charge is -2.01. The van der Waals surface area contributed by atoms with Gasteiger partial charge in [-0.25, -0.2) is 0 Å². The minimum Gasteiger partial charge on any atom is -0.446 e. The van der Waals surface area contributed by atoms with Crippen molar-refractivity contribution < 1.29 is 4.42 Å². The number of rotatable bonds is 1. The van der Waals surface area contributed by atoms with E-state index in [2.05, 4.69) is 0 Å². The van der Waals surface area contributed by atoms with Crippen LogP contribution in [-0.4, -0.2) is 0 Å². The van der Waals surface area contributed by atoms with Gasteiger partial charge in [0.2, 0.25) is 5.76 Å². The third-order valence-corrected chi connectivity index (χ3v) is 2.28. The van der Waals surface area contributed by atoms with Crippen molar-refractivity contribution in [1.29, 1.82) is 5.26 Å². The molecule has 15 heavy (non-hydrogen) atoms. The minimum absolute atomic E-state index is 0.309. The highest BCUT2D eigenvalue weighted by molar-refractivity contribution is 5.65. The summed E-state index contributed by atoms with van der Waals surface area (Å²) < 4.78 is 5.30. The highest BCUT2D eigenvalue weighted by Crippen LogP contribution is 2.25. The molecule has 1 aromatic carbocycles. The number of nitriles is 1. The fourth-order valence-electron chi connectivity index (χ4n) is 1.35. The van der Waals surface area contributed by atoms with Crippen LogP contribution in [0.5, 0.6) is 0 Å². The normalized spacial score (nSPS) is 9.87. The van der Waals surface area contributed by atoms with Crippen molar-refractivity contribution in [1.82, 2.24) is 0 Å². The van der Waals surface area contributed by atoms with Crippen LogP contribution < -0.4 is 5.73 Å². The zero-order valence-electron chi connectivity index (χ0n) is 8.32. The molecule has 0 aliphatic carbocycles. The fourth-order valence-corrected chi connectivity index (χ4v) is 1.35. The van der Waals surface area contributed by atoms with E-state index in [0.717, 1.165) is 16.8 Å². The maximum atomic E-state index is 8.63. The minimum atomic E-state index is 0.309. The van der Waals surface area contributed by atoms with Crippen molar-refractivity contribution in [3.05, 3.63) is 41.7 Å². The van der Waals surface area contributed by atoms with Crippen LogP contribution in [0, 0.1) is 18.3 Å². The predicted molar refractivity (Wildman–Crippen MR) is 58.0 cm³/mol. The Bertz CT molecular complexity index is 535. The maximum Gasteiger partial charge on any atom is 0.204 e. The Kier molecular flexibility index (Phi) is 2.18. The summed E-state index contributed by atoms with van der Waals surface area (Å²) in [5.41, 5.74) is 8.44. The van der Waals surface area contributed by atoms with Crippen molar-refractivity contribution in [3.8, 4) is 17.4 Å². The summed E-state index contributed by atoms with van der Waals surface area (Å²) in [7, 11) is 0. The molecule has 2 aromatic rings. The Labute approximate surface area is 87.7 Å². The van der Waals surface area contributed by atoms with Crippen LogP contribution in [-0.2, 0) is 0 Å². The molecule has 0 spiro atoms. The standard InChI is InChI=1S/C12H10N2O/c1-8-2-3-9(6-11(8)14)12-5-4-10(7-13)15-12/h2-6H,14H2,1H3. The molecule has 3 nitrogen and oxygen atoms in total. The Balaban J connectivity index is 2.46. The summed E-state index contributed by atoms with van der Waals surface area (Å²) in [6.45, 7) is 1.95. The van der Waals surface area contributed by atoms with Crippen LogP contribution in [0.4, 0.5) is 5.69 Å². The zero-order chi connectivity index (χ0) is 10.8. The van der Waals surface area contributed by atoms with Crippen LogP contribution in [0.15, 0.2) is 34.7 Å². The molecule has 0 atom stereocenters. The first-order valence-corrected chi connectivity index (χ1v) is 4.57. The van der Waals surface area contributed by atoms with E-state index in [1.165, 1.54) is 0 Å². The van der Waals surface area contributed by atoms with Gasteiger partial charge in [0.1, 0.15) is 11.8 Å². The lowest BCUT2D eigenvalue weighted by molar-refractivity contribution is 0.567. The molecule has 1 heterocycles. The van der Waals surface area contributed by atoms with Gasteiger partial charge in [0.15, 0.2) is 0 Å². The van der Waals surface area contributed by atoms with Crippen molar-refractivity contribution in [2.24, 2.45) is 0 Å². The second-order valence-corrected chi connectivity index (χ2v) is 3.35. The second kappa shape index (κ2) is 3.50. The molecule has 0 saturated carbocycles. The molecule has 0 saturated heterocycles. The number of nitrogens with zero attached hydrogens (tertiary/aromatic N) is 1. The Morgan fingerprint density at radius 3 is 2.67 bits per heavy atom. The fraction of sp³-hybridized carbons (Fsp3) is 0.0833. The average Bonchev–Trinajstić information content (AvgIpc) is 2.70. The third-order valence-electron chi connectivity index (χ3n) is 2.28. The summed E-state index contributed by atoms with van der Waals surface area (Å²) in [4.78, 5) is 0. The quantitative estimate of drug-likeness (QED) is 0.716. The molecule has 74 valence electrons. The first-order chi connectivity index (χ1) is 7.20. The number of benzene rings is 1. The van der Waals surface area contributed by atoms with E-state index in [4.69, 9.17) is 15.4 Å². The molecule has 2 N–H and O–H groups in total. The van der Waals surface area contributed by atoms with Gasteiger partial charge < -0.3 is 10.2 Å². The molecule has 2 rings (SSSR count). The molecular weight excluding hydrogens is 188 g/mol. The number of aryl methyl sites for hydroxylation is 1. The molecule has 0 aliphatic rings. The predicted octanol–water partition coefficient (Wildman–Crippen LogP) is 2.71. The lowest BCUT2D eigenvalue weighted by atomic mass is 10.1. The number of nitrogens with two attached hydrogens (primary N) is 1. The highest BCUT2D eigenvalue weighted by atomic mass is 16.3. The van der Waals surface area contributed by atoms with Crippen LogP contribution in [0.3, 0.4) is 0 Å². The Morgan fingerprint density at radius 2 is 2.07 bits per heavy atom. The van der Waals surface area contributed by atoms with Gasteiger partial charge in [0.25, 0.3) is 0 Å². The van der Waals surface area contributed by atoms with Crippen molar-refractivity contribution in [2.45, 2.75) is 6.92 Å². The van der Waals surface area contributed by atoms with E-state index in [0.29, 0.717) is 11.5 Å². The van der Waals surface area contributed by atoms with Crippen LogP contribution >= 0.6 is 0 Å². The molecule has 3 heteroatoms. The third kappa shape index (κ3) is 1.70. The number of hydrogen-bond donors (Lipinski definition) is 1. The monoisotopic (exact) mass is 198 g/mol. The van der Waals surface area contributed by atoms with Gasteiger partial charge in [-0.1, -0.05) is 12.1 Å². The second-order valence-electron chi connectivity index (χ2n) is 3.35. The number of hydrogen-bond acceptors (Lipinski definition) is 3. The van der Waals surface area contributed by atoms with Crippen molar-refractivity contribution in [3.63, 3.8) is 0 Å². The van der Waals surface area contributed by atoms with Gasteiger partial charge in [-0.15, -0.1) is 0 Å². The van der Waals surface area contributed by atoms with E-state index in [1.54, 1.807) is 12.1 Å². The van der Waals surface area contributed by atoms with Gasteiger partial charge in [0.05, 0.1) is 0 Å². The number of furan rings is 1. The van der Waals surface area contributed by atoms with E-state index in [1.807, 2.05) is 31.2 Å². The summed E-state index contributed by atoms with van der Waals surface area (Å²) in [5, 5.41) is 8.63. The van der Waals surface area contributed by atoms with Gasteiger partial charge in [-0.3, -0.25) is 0 Å². The van der Waals surface area contributed by atoms with Crippen LogP contribution in [0.2, 0.25) is 0 Å². The molecule has 0 aliphatic heterocycles. The first-order valence-electron chi connectivity index (χ1n) is 4.57. The zero-order valence-corrected chi connectivity index (χ0v) is 8.32. The molecule has 0 fully saturated rings.